The van der Waals surface area contributed by atoms with E-state index in [-0.39, 0.29) is 18.6 Å². The molecule has 1 N–H and O–H groups in total. The number of hydrogen-bond donors (Lipinski definition) is 1. The third-order valence-corrected chi connectivity index (χ3v) is 3.44. The molecule has 0 spiro atoms. The Morgan fingerprint density at radius 1 is 1.61 bits per heavy atom. The number of ether oxygens (including phenoxy) is 1. The number of aliphatic hydroxyl groups excluding tert-OH is 1. The lowest BCUT2D eigenvalue weighted by Gasteiger charge is -2.32. The van der Waals surface area contributed by atoms with Gasteiger partial charge in [-0.15, -0.1) is 0 Å². The highest BCUT2D eigenvalue weighted by Crippen LogP contribution is 2.18. The topological polar surface area (TPSA) is 49.8 Å². The number of nitrogens with zero attached hydrogens (tertiary/aromatic N) is 1. The Balaban J connectivity index is 2.12. The van der Waals surface area contributed by atoms with Crippen LogP contribution in [0.1, 0.15) is 10.4 Å². The number of rotatable bonds is 2. The summed E-state index contributed by atoms with van der Waals surface area (Å²) >= 11 is 3.04. The molecule has 0 aromatic heterocycles. The van der Waals surface area contributed by atoms with Crippen molar-refractivity contribution in [2.75, 3.05) is 26.3 Å². The second-order valence-corrected chi connectivity index (χ2v) is 4.91. The Hall–Kier alpha value is -0.980. The summed E-state index contributed by atoms with van der Waals surface area (Å²) in [4.78, 5) is 13.7. The Morgan fingerprint density at radius 2 is 2.39 bits per heavy atom. The fraction of sp³-hybridized carbons (Fsp3) is 0.417. The quantitative estimate of drug-likeness (QED) is 0.897. The molecule has 1 aliphatic heterocycles. The van der Waals surface area contributed by atoms with Crippen molar-refractivity contribution in [1.29, 1.82) is 0 Å². The number of aliphatic hydroxyl groups is 1. The number of hydrogen-bond acceptors (Lipinski definition) is 3. The molecule has 18 heavy (non-hydrogen) atoms. The maximum absolute atomic E-state index is 13.4. The fourth-order valence-electron chi connectivity index (χ4n) is 1.83. The molecule has 1 saturated heterocycles. The molecule has 1 unspecified atom stereocenters. The van der Waals surface area contributed by atoms with Gasteiger partial charge >= 0.3 is 0 Å². The van der Waals surface area contributed by atoms with Crippen LogP contribution in [0.15, 0.2) is 22.7 Å². The Morgan fingerprint density at radius 3 is 3.06 bits per heavy atom. The predicted molar refractivity (Wildman–Crippen MR) is 66.8 cm³/mol. The lowest BCUT2D eigenvalue weighted by atomic mass is 10.1. The van der Waals surface area contributed by atoms with E-state index in [2.05, 4.69) is 15.9 Å². The fourth-order valence-corrected chi connectivity index (χ4v) is 2.07. The molecule has 6 heteroatoms. The molecular weight excluding hydrogens is 305 g/mol. The van der Waals surface area contributed by atoms with Crippen molar-refractivity contribution in [2.45, 2.75) is 6.10 Å². The molecule has 1 aliphatic rings. The van der Waals surface area contributed by atoms with E-state index in [1.807, 2.05) is 0 Å². The zero-order valence-electron chi connectivity index (χ0n) is 9.60. The molecule has 0 saturated carbocycles. The number of benzene rings is 1. The maximum Gasteiger partial charge on any atom is 0.254 e. The predicted octanol–water partition coefficient (Wildman–Crippen LogP) is 1.42. The van der Waals surface area contributed by atoms with Crippen LogP contribution in [-0.4, -0.2) is 48.3 Å². The van der Waals surface area contributed by atoms with Crippen LogP contribution in [0, 0.1) is 5.82 Å². The molecule has 98 valence electrons. The average Bonchev–Trinajstić information content (AvgIpc) is 2.41. The van der Waals surface area contributed by atoms with Crippen molar-refractivity contribution in [2.24, 2.45) is 0 Å². The monoisotopic (exact) mass is 317 g/mol. The van der Waals surface area contributed by atoms with Crippen molar-refractivity contribution in [3.05, 3.63) is 34.1 Å². The van der Waals surface area contributed by atoms with E-state index in [1.165, 1.54) is 12.1 Å². The average molecular weight is 318 g/mol. The standard InChI is InChI=1S/C12H13BrFNO3/c13-10-2-1-8(5-11(10)14)12(17)15-3-4-18-9(6-15)7-16/h1-2,5,9,16H,3-4,6-7H2. The summed E-state index contributed by atoms with van der Waals surface area (Å²) in [5, 5.41) is 9.01. The minimum atomic E-state index is -0.465. The van der Waals surface area contributed by atoms with E-state index in [0.29, 0.717) is 29.7 Å². The van der Waals surface area contributed by atoms with E-state index in [4.69, 9.17) is 9.84 Å². The molecule has 0 radical (unpaired) electrons. The van der Waals surface area contributed by atoms with Crippen molar-refractivity contribution < 1.29 is 19.0 Å². The summed E-state index contributed by atoms with van der Waals surface area (Å²) in [6.07, 6.45) is -0.358. The van der Waals surface area contributed by atoms with E-state index in [0.717, 1.165) is 0 Å². The largest absolute Gasteiger partial charge is 0.394 e. The molecule has 1 fully saturated rings. The summed E-state index contributed by atoms with van der Waals surface area (Å²) in [5.41, 5.74) is 0.300. The number of morpholine rings is 1. The van der Waals surface area contributed by atoms with Crippen LogP contribution >= 0.6 is 15.9 Å². The minimum absolute atomic E-state index is 0.127. The highest BCUT2D eigenvalue weighted by molar-refractivity contribution is 9.10. The summed E-state index contributed by atoms with van der Waals surface area (Å²) in [6.45, 7) is 1.04. The Kier molecular flexibility index (Phi) is 4.31. The Labute approximate surface area is 112 Å². The van der Waals surface area contributed by atoms with Gasteiger partial charge < -0.3 is 14.7 Å². The van der Waals surface area contributed by atoms with Crippen molar-refractivity contribution in [3.8, 4) is 0 Å². The van der Waals surface area contributed by atoms with Gasteiger partial charge in [0.2, 0.25) is 0 Å². The van der Waals surface area contributed by atoms with Gasteiger partial charge in [-0.1, -0.05) is 0 Å². The van der Waals surface area contributed by atoms with E-state index < -0.39 is 5.82 Å². The molecule has 1 aromatic rings. The van der Waals surface area contributed by atoms with Gasteiger partial charge in [-0.25, -0.2) is 4.39 Å². The SMILES string of the molecule is O=C(c1ccc(Br)c(F)c1)N1CCOC(CO)C1. The first kappa shape index (κ1) is 13.5. The van der Waals surface area contributed by atoms with Gasteiger partial charge in [0.05, 0.1) is 23.8 Å². The van der Waals surface area contributed by atoms with Crippen LogP contribution in [0.25, 0.3) is 0 Å². The summed E-state index contributed by atoms with van der Waals surface area (Å²) in [5.74, 6) is -0.712. The van der Waals surface area contributed by atoms with Gasteiger partial charge in [-0.2, -0.15) is 0 Å². The highest BCUT2D eigenvalue weighted by atomic mass is 79.9. The Bertz CT molecular complexity index is 455. The second kappa shape index (κ2) is 5.77. The van der Waals surface area contributed by atoms with Crippen molar-refractivity contribution in [1.82, 2.24) is 4.90 Å². The van der Waals surface area contributed by atoms with Crippen molar-refractivity contribution in [3.63, 3.8) is 0 Å². The minimum Gasteiger partial charge on any atom is -0.394 e. The molecule has 1 atom stereocenters. The normalized spacial score (nSPS) is 19.9. The molecule has 1 amide bonds. The van der Waals surface area contributed by atoms with Crippen LogP contribution in [-0.2, 0) is 4.74 Å². The number of halogens is 2. The third kappa shape index (κ3) is 2.88. The first-order valence-corrected chi connectivity index (χ1v) is 6.38. The van der Waals surface area contributed by atoms with Crippen LogP contribution in [0.4, 0.5) is 4.39 Å². The zero-order valence-corrected chi connectivity index (χ0v) is 11.2. The van der Waals surface area contributed by atoms with E-state index >= 15 is 0 Å². The van der Waals surface area contributed by atoms with Crippen LogP contribution in [0.2, 0.25) is 0 Å². The van der Waals surface area contributed by atoms with Crippen LogP contribution < -0.4 is 0 Å². The molecule has 0 aliphatic carbocycles. The highest BCUT2D eigenvalue weighted by Gasteiger charge is 2.24. The molecular formula is C12H13BrFNO3. The van der Waals surface area contributed by atoms with Gasteiger partial charge in [-0.3, -0.25) is 4.79 Å². The van der Waals surface area contributed by atoms with E-state index in [9.17, 15) is 9.18 Å². The lowest BCUT2D eigenvalue weighted by Crippen LogP contribution is -2.46. The van der Waals surface area contributed by atoms with E-state index in [1.54, 1.807) is 11.0 Å². The summed E-state index contributed by atoms with van der Waals surface area (Å²) < 4.78 is 19.0. The maximum atomic E-state index is 13.4. The lowest BCUT2D eigenvalue weighted by molar-refractivity contribution is -0.0447. The van der Waals surface area contributed by atoms with Crippen LogP contribution in [0.5, 0.6) is 0 Å². The second-order valence-electron chi connectivity index (χ2n) is 4.06. The summed E-state index contributed by atoms with van der Waals surface area (Å²) in [7, 11) is 0. The molecule has 1 aromatic carbocycles. The van der Waals surface area contributed by atoms with Gasteiger partial charge in [0.25, 0.3) is 5.91 Å². The smallest absolute Gasteiger partial charge is 0.254 e. The first-order valence-electron chi connectivity index (χ1n) is 5.58. The van der Waals surface area contributed by atoms with Gasteiger partial charge in [0, 0.05) is 18.7 Å². The number of carbonyl (C=O) groups is 1. The van der Waals surface area contributed by atoms with Crippen molar-refractivity contribution >= 4 is 21.8 Å². The molecule has 4 nitrogen and oxygen atoms in total. The van der Waals surface area contributed by atoms with Gasteiger partial charge in [-0.05, 0) is 34.1 Å². The molecule has 0 bridgehead atoms. The molecule has 2 rings (SSSR count). The van der Waals surface area contributed by atoms with Crippen LogP contribution in [0.3, 0.4) is 0 Å². The molecule has 1 heterocycles. The number of carbonyl (C=O) groups excluding carboxylic acids is 1. The van der Waals surface area contributed by atoms with Gasteiger partial charge in [0.15, 0.2) is 0 Å². The summed E-state index contributed by atoms with van der Waals surface area (Å²) in [6, 6.07) is 4.28. The first-order chi connectivity index (χ1) is 8.61. The number of amides is 1. The zero-order chi connectivity index (χ0) is 13.1. The third-order valence-electron chi connectivity index (χ3n) is 2.80. The van der Waals surface area contributed by atoms with Gasteiger partial charge in [0.1, 0.15) is 5.82 Å².